The van der Waals surface area contributed by atoms with Gasteiger partial charge < -0.3 is 4.74 Å². The van der Waals surface area contributed by atoms with E-state index in [1.54, 1.807) is 7.05 Å². The molecule has 0 saturated carbocycles. The number of hydrogen-bond acceptors (Lipinski definition) is 4. The number of aromatic nitrogens is 3. The van der Waals surface area contributed by atoms with E-state index in [1.807, 2.05) is 37.3 Å². The predicted octanol–water partition coefficient (Wildman–Crippen LogP) is 6.21. The smallest absolute Gasteiger partial charge is 0.187 e. The van der Waals surface area contributed by atoms with Crippen LogP contribution in [-0.4, -0.2) is 21.4 Å². The lowest BCUT2D eigenvalue weighted by Crippen LogP contribution is -1.94. The first-order valence-corrected chi connectivity index (χ1v) is 10.1. The quantitative estimate of drug-likeness (QED) is 0.377. The third-order valence-corrected chi connectivity index (χ3v) is 5.88. The van der Waals surface area contributed by atoms with E-state index in [-0.39, 0.29) is 11.4 Å². The Labute approximate surface area is 175 Å². The van der Waals surface area contributed by atoms with Crippen molar-refractivity contribution in [2.75, 3.05) is 6.61 Å². The molecule has 8 heteroatoms. The van der Waals surface area contributed by atoms with Crippen molar-refractivity contribution in [3.05, 3.63) is 65.2 Å². The van der Waals surface area contributed by atoms with E-state index in [2.05, 4.69) is 10.1 Å². The summed E-state index contributed by atoms with van der Waals surface area (Å²) in [5, 5.41) is 4.69. The molecule has 2 aromatic carbocycles. The molecule has 29 heavy (non-hydrogen) atoms. The lowest BCUT2D eigenvalue weighted by Gasteiger charge is -2.03. The van der Waals surface area contributed by atoms with E-state index in [0.717, 1.165) is 16.2 Å². The largest absolute Gasteiger partial charge is 0.494 e. The maximum Gasteiger partial charge on any atom is 0.187 e. The number of benzene rings is 2. The zero-order valence-electron chi connectivity index (χ0n) is 15.6. The van der Waals surface area contributed by atoms with Crippen molar-refractivity contribution in [2.45, 2.75) is 6.92 Å². The molecule has 2 heterocycles. The van der Waals surface area contributed by atoms with Gasteiger partial charge in [0.1, 0.15) is 17.4 Å². The van der Waals surface area contributed by atoms with E-state index in [1.165, 1.54) is 34.2 Å². The monoisotopic (exact) mass is 431 g/mol. The zero-order valence-corrected chi connectivity index (χ0v) is 17.2. The molecule has 0 radical (unpaired) electrons. The van der Waals surface area contributed by atoms with Crippen molar-refractivity contribution < 1.29 is 13.5 Å². The van der Waals surface area contributed by atoms with Crippen molar-refractivity contribution in [2.24, 2.45) is 7.05 Å². The average Bonchev–Trinajstić information content (AvgIpc) is 3.25. The van der Waals surface area contributed by atoms with E-state index in [4.69, 9.17) is 16.3 Å². The lowest BCUT2D eigenvalue weighted by molar-refractivity contribution is 0.340. The highest BCUT2D eigenvalue weighted by Gasteiger charge is 2.21. The Hall–Kier alpha value is -2.77. The molecule has 2 aromatic heterocycles. The van der Waals surface area contributed by atoms with Gasteiger partial charge in [0.15, 0.2) is 11.6 Å². The van der Waals surface area contributed by atoms with Crippen molar-refractivity contribution in [1.82, 2.24) is 14.8 Å². The van der Waals surface area contributed by atoms with Crippen LogP contribution in [0, 0.1) is 11.6 Å². The molecule has 0 aliphatic carbocycles. The van der Waals surface area contributed by atoms with Crippen LogP contribution >= 0.6 is 22.9 Å². The second kappa shape index (κ2) is 7.93. The molecule has 0 spiro atoms. The Morgan fingerprint density at radius 2 is 1.79 bits per heavy atom. The second-order valence-corrected chi connectivity index (χ2v) is 7.68. The molecule has 0 amide bonds. The third kappa shape index (κ3) is 3.75. The summed E-state index contributed by atoms with van der Waals surface area (Å²) in [5.74, 6) is -0.215. The van der Waals surface area contributed by atoms with Gasteiger partial charge in [-0.15, -0.1) is 11.3 Å². The molecule has 4 rings (SSSR count). The molecule has 0 fully saturated rings. The molecular weight excluding hydrogens is 416 g/mol. The Kier molecular flexibility index (Phi) is 5.34. The molecule has 0 aliphatic rings. The van der Waals surface area contributed by atoms with Gasteiger partial charge in [-0.3, -0.25) is 0 Å². The average molecular weight is 432 g/mol. The summed E-state index contributed by atoms with van der Waals surface area (Å²) < 4.78 is 35.2. The molecule has 0 bridgehead atoms. The summed E-state index contributed by atoms with van der Waals surface area (Å²) in [6, 6.07) is 13.2. The number of ether oxygens (including phenoxy) is 1. The molecule has 4 aromatic rings. The van der Waals surface area contributed by atoms with Crippen molar-refractivity contribution in [3.8, 4) is 38.3 Å². The van der Waals surface area contributed by atoms with Gasteiger partial charge in [-0.2, -0.15) is 5.10 Å². The third-order valence-electron chi connectivity index (χ3n) is 4.29. The number of thiophene rings is 1. The molecule has 0 N–H and O–H groups in total. The topological polar surface area (TPSA) is 39.9 Å². The fourth-order valence-corrected chi connectivity index (χ4v) is 4.40. The summed E-state index contributed by atoms with van der Waals surface area (Å²) in [6.45, 7) is 2.53. The molecule has 0 aliphatic heterocycles. The standard InChI is InChI=1S/C21H16ClF2N3OS/c1-3-28-13-9-7-12(8-10-13)17-11-14(22)19(29-17)21-25-20(26-27(21)2)18-15(23)5-4-6-16(18)24/h4-11H,3H2,1-2H3. The fraction of sp³-hybridized carbons (Fsp3) is 0.143. The first-order chi connectivity index (χ1) is 14.0. The van der Waals surface area contributed by atoms with Gasteiger partial charge in [0.25, 0.3) is 0 Å². The van der Waals surface area contributed by atoms with Gasteiger partial charge in [-0.05, 0) is 55.0 Å². The SMILES string of the molecule is CCOc1ccc(-c2cc(Cl)c(-c3nc(-c4c(F)cccc4F)nn3C)s2)cc1. The van der Waals surface area contributed by atoms with Crippen molar-refractivity contribution in [3.63, 3.8) is 0 Å². The summed E-state index contributed by atoms with van der Waals surface area (Å²) in [7, 11) is 1.66. The zero-order chi connectivity index (χ0) is 20.5. The Balaban J connectivity index is 1.72. The highest BCUT2D eigenvalue weighted by atomic mass is 35.5. The molecule has 4 nitrogen and oxygen atoms in total. The minimum absolute atomic E-state index is 0.0230. The summed E-state index contributed by atoms with van der Waals surface area (Å²) in [4.78, 5) is 5.97. The number of halogens is 3. The van der Waals surface area contributed by atoms with Crippen LogP contribution in [0.1, 0.15) is 6.92 Å². The van der Waals surface area contributed by atoms with Gasteiger partial charge in [0, 0.05) is 11.9 Å². The first-order valence-electron chi connectivity index (χ1n) is 8.86. The van der Waals surface area contributed by atoms with Crippen LogP contribution in [0.25, 0.3) is 32.5 Å². The van der Waals surface area contributed by atoms with Crippen LogP contribution in [0.5, 0.6) is 5.75 Å². The Morgan fingerprint density at radius 1 is 1.10 bits per heavy atom. The molecule has 0 atom stereocenters. The fourth-order valence-electron chi connectivity index (χ4n) is 2.95. The summed E-state index contributed by atoms with van der Waals surface area (Å²) >= 11 is 7.89. The first kappa shape index (κ1) is 19.5. The maximum atomic E-state index is 14.1. The van der Waals surface area contributed by atoms with E-state index >= 15 is 0 Å². The lowest BCUT2D eigenvalue weighted by atomic mass is 10.2. The van der Waals surface area contributed by atoms with Gasteiger partial charge in [0.2, 0.25) is 0 Å². The van der Waals surface area contributed by atoms with Gasteiger partial charge in [-0.25, -0.2) is 18.4 Å². The van der Waals surface area contributed by atoms with Gasteiger partial charge >= 0.3 is 0 Å². The maximum absolute atomic E-state index is 14.1. The Morgan fingerprint density at radius 3 is 2.45 bits per heavy atom. The minimum atomic E-state index is -0.713. The minimum Gasteiger partial charge on any atom is -0.494 e. The van der Waals surface area contributed by atoms with Gasteiger partial charge in [-0.1, -0.05) is 17.7 Å². The van der Waals surface area contributed by atoms with Crippen LogP contribution in [0.4, 0.5) is 8.78 Å². The van der Waals surface area contributed by atoms with Crippen molar-refractivity contribution >= 4 is 22.9 Å². The predicted molar refractivity (Wildman–Crippen MR) is 111 cm³/mol. The van der Waals surface area contributed by atoms with Crippen molar-refractivity contribution in [1.29, 1.82) is 0 Å². The van der Waals surface area contributed by atoms with Crippen LogP contribution in [0.15, 0.2) is 48.5 Å². The van der Waals surface area contributed by atoms with E-state index < -0.39 is 11.6 Å². The molecular formula is C21H16ClF2N3OS. The summed E-state index contributed by atoms with van der Waals surface area (Å²) in [5.41, 5.74) is 0.725. The van der Waals surface area contributed by atoms with Gasteiger partial charge in [0.05, 0.1) is 22.1 Å². The van der Waals surface area contributed by atoms with Crippen LogP contribution in [0.2, 0.25) is 5.02 Å². The van der Waals surface area contributed by atoms with Crippen LogP contribution in [0.3, 0.4) is 0 Å². The van der Waals surface area contributed by atoms with E-state index in [9.17, 15) is 8.78 Å². The molecule has 148 valence electrons. The highest BCUT2D eigenvalue weighted by Crippen LogP contribution is 2.41. The number of rotatable bonds is 5. The molecule has 0 unspecified atom stereocenters. The number of hydrogen-bond donors (Lipinski definition) is 0. The van der Waals surface area contributed by atoms with Crippen LogP contribution in [-0.2, 0) is 7.05 Å². The van der Waals surface area contributed by atoms with E-state index in [0.29, 0.717) is 22.3 Å². The molecule has 0 saturated heterocycles. The highest BCUT2D eigenvalue weighted by molar-refractivity contribution is 7.19. The van der Waals surface area contributed by atoms with Crippen LogP contribution < -0.4 is 4.74 Å². The number of aryl methyl sites for hydroxylation is 1. The normalized spacial score (nSPS) is 11.1. The Bertz CT molecular complexity index is 1150. The summed E-state index contributed by atoms with van der Waals surface area (Å²) in [6.07, 6.45) is 0. The number of nitrogens with zero attached hydrogens (tertiary/aromatic N) is 3. The second-order valence-electron chi connectivity index (χ2n) is 6.22.